The van der Waals surface area contributed by atoms with Crippen molar-refractivity contribution < 1.29 is 23.1 Å². The molecule has 0 aromatic heterocycles. The predicted molar refractivity (Wildman–Crippen MR) is 69.5 cm³/mol. The lowest BCUT2D eigenvalue weighted by molar-refractivity contribution is -0.140. The van der Waals surface area contributed by atoms with Crippen LogP contribution >= 0.6 is 0 Å². The monoisotopic (exact) mass is 294 g/mol. The molecule has 8 heteroatoms. The largest absolute Gasteiger partial charge is 0.469 e. The number of aliphatic hydroxyl groups is 1. The van der Waals surface area contributed by atoms with E-state index in [9.17, 15) is 18.3 Å². The molecule has 1 fully saturated rings. The average molecular weight is 294 g/mol. The average Bonchev–Trinajstić information content (AvgIpc) is 2.38. The highest BCUT2D eigenvalue weighted by atomic mass is 32.2. The normalized spacial score (nSPS) is 25.5. The molecule has 0 radical (unpaired) electrons. The molecule has 1 aliphatic rings. The Bertz CT molecular complexity index is 411. The fraction of sp³-hybridized carbons (Fsp3) is 0.909. The maximum Gasteiger partial charge on any atom is 0.306 e. The number of aliphatic hydroxyl groups excluding tert-OH is 1. The van der Waals surface area contributed by atoms with Crippen LogP contribution in [-0.4, -0.2) is 68.0 Å². The van der Waals surface area contributed by atoms with Gasteiger partial charge in [-0.05, 0) is 12.3 Å². The van der Waals surface area contributed by atoms with E-state index in [0.29, 0.717) is 19.5 Å². The van der Waals surface area contributed by atoms with Gasteiger partial charge >= 0.3 is 5.97 Å². The fourth-order valence-electron chi connectivity index (χ4n) is 1.97. The van der Waals surface area contributed by atoms with Gasteiger partial charge in [0.2, 0.25) is 0 Å². The lowest BCUT2D eigenvalue weighted by Crippen LogP contribution is -2.50. The van der Waals surface area contributed by atoms with Crippen molar-refractivity contribution in [1.29, 1.82) is 0 Å². The topological polar surface area (TPSA) is 87.2 Å². The summed E-state index contributed by atoms with van der Waals surface area (Å²) in [5, 5.41) is 9.61. The number of carbonyl (C=O) groups is 1. The van der Waals surface area contributed by atoms with Crippen LogP contribution in [0.1, 0.15) is 19.8 Å². The Hall–Kier alpha value is -0.700. The van der Waals surface area contributed by atoms with Gasteiger partial charge < -0.3 is 9.84 Å². The van der Waals surface area contributed by atoms with Crippen LogP contribution in [0.5, 0.6) is 0 Å². The predicted octanol–water partition coefficient (Wildman–Crippen LogP) is -0.571. The van der Waals surface area contributed by atoms with Gasteiger partial charge in [-0.1, -0.05) is 6.92 Å². The van der Waals surface area contributed by atoms with E-state index in [1.165, 1.54) is 18.5 Å². The maximum absolute atomic E-state index is 12.3. The first kappa shape index (κ1) is 16.4. The van der Waals surface area contributed by atoms with E-state index in [1.54, 1.807) is 0 Å². The van der Waals surface area contributed by atoms with Gasteiger partial charge in [-0.3, -0.25) is 4.79 Å². The number of hydrogen-bond acceptors (Lipinski definition) is 5. The summed E-state index contributed by atoms with van der Waals surface area (Å²) in [6, 6.07) is 0. The molecule has 0 aromatic rings. The molecule has 1 N–H and O–H groups in total. The molecule has 2 unspecified atom stereocenters. The van der Waals surface area contributed by atoms with Crippen molar-refractivity contribution in [2.45, 2.75) is 25.9 Å². The van der Waals surface area contributed by atoms with Crippen LogP contribution in [0.25, 0.3) is 0 Å². The molecule has 112 valence electrons. The molecule has 19 heavy (non-hydrogen) atoms. The van der Waals surface area contributed by atoms with Crippen LogP contribution in [0.2, 0.25) is 0 Å². The van der Waals surface area contributed by atoms with E-state index < -0.39 is 22.3 Å². The minimum atomic E-state index is -3.57. The zero-order valence-electron chi connectivity index (χ0n) is 11.6. The first-order chi connectivity index (χ1) is 8.78. The number of esters is 1. The molecule has 1 saturated heterocycles. The molecule has 7 nitrogen and oxygen atoms in total. The maximum atomic E-state index is 12.3. The van der Waals surface area contributed by atoms with Crippen molar-refractivity contribution >= 4 is 16.2 Å². The molecule has 2 atom stereocenters. The SMILES string of the molecule is COC(=O)CCN(C)S(=O)(=O)N1CCC(O)C(C)C1. The van der Waals surface area contributed by atoms with Gasteiger partial charge in [0.1, 0.15) is 0 Å². The summed E-state index contributed by atoms with van der Waals surface area (Å²) in [5.41, 5.74) is 0. The Morgan fingerprint density at radius 1 is 1.53 bits per heavy atom. The number of hydrogen-bond donors (Lipinski definition) is 1. The molecule has 1 rings (SSSR count). The van der Waals surface area contributed by atoms with Crippen LogP contribution in [-0.2, 0) is 19.7 Å². The highest BCUT2D eigenvalue weighted by Gasteiger charge is 2.34. The zero-order valence-corrected chi connectivity index (χ0v) is 12.4. The van der Waals surface area contributed by atoms with Crippen LogP contribution in [0, 0.1) is 5.92 Å². The Morgan fingerprint density at radius 3 is 2.68 bits per heavy atom. The molecular weight excluding hydrogens is 272 g/mol. The van der Waals surface area contributed by atoms with Crippen LogP contribution in [0.15, 0.2) is 0 Å². The van der Waals surface area contributed by atoms with Gasteiger partial charge in [0, 0.05) is 26.7 Å². The fourth-order valence-corrected chi connectivity index (χ4v) is 3.44. The lowest BCUT2D eigenvalue weighted by atomic mass is 9.99. The first-order valence-corrected chi connectivity index (χ1v) is 7.65. The second kappa shape index (κ2) is 6.65. The number of ether oxygens (including phenoxy) is 1. The van der Waals surface area contributed by atoms with Crippen molar-refractivity contribution in [2.75, 3.05) is 33.8 Å². The minimum Gasteiger partial charge on any atom is -0.469 e. The highest BCUT2D eigenvalue weighted by Crippen LogP contribution is 2.20. The molecule has 0 saturated carbocycles. The third-order valence-electron chi connectivity index (χ3n) is 3.40. The number of methoxy groups -OCH3 is 1. The summed E-state index contributed by atoms with van der Waals surface area (Å²) < 4.78 is 31.5. The smallest absolute Gasteiger partial charge is 0.306 e. The van der Waals surface area contributed by atoms with E-state index in [-0.39, 0.29) is 18.9 Å². The summed E-state index contributed by atoms with van der Waals surface area (Å²) in [6.07, 6.45) is 0.00978. The zero-order chi connectivity index (χ0) is 14.6. The first-order valence-electron chi connectivity index (χ1n) is 6.25. The van der Waals surface area contributed by atoms with E-state index in [4.69, 9.17) is 0 Å². The third kappa shape index (κ3) is 4.13. The highest BCUT2D eigenvalue weighted by molar-refractivity contribution is 7.86. The molecule has 0 spiro atoms. The molecule has 1 aliphatic heterocycles. The minimum absolute atomic E-state index is 0.0260. The van der Waals surface area contributed by atoms with E-state index in [2.05, 4.69) is 4.74 Å². The molecule has 0 aromatic carbocycles. The van der Waals surface area contributed by atoms with Gasteiger partial charge in [-0.25, -0.2) is 0 Å². The second-order valence-corrected chi connectivity index (χ2v) is 6.88. The van der Waals surface area contributed by atoms with Gasteiger partial charge in [0.15, 0.2) is 0 Å². The van der Waals surface area contributed by atoms with Crippen molar-refractivity contribution in [2.24, 2.45) is 5.92 Å². The standard InChI is InChI=1S/C11H22N2O5S/c1-9-8-13(7-4-10(9)14)19(16,17)12(2)6-5-11(15)18-3/h9-10,14H,4-8H2,1-3H3. The van der Waals surface area contributed by atoms with Crippen LogP contribution in [0.4, 0.5) is 0 Å². The number of piperidine rings is 1. The van der Waals surface area contributed by atoms with Crippen LogP contribution in [0.3, 0.4) is 0 Å². The number of nitrogens with zero attached hydrogens (tertiary/aromatic N) is 2. The molecule has 0 aliphatic carbocycles. The number of carbonyl (C=O) groups excluding carboxylic acids is 1. The summed E-state index contributed by atoms with van der Waals surface area (Å²) in [7, 11) is -0.868. The second-order valence-electron chi connectivity index (χ2n) is 4.85. The Kier molecular flexibility index (Phi) is 5.72. The molecular formula is C11H22N2O5S. The van der Waals surface area contributed by atoms with Crippen molar-refractivity contribution in [1.82, 2.24) is 8.61 Å². The summed E-state index contributed by atoms with van der Waals surface area (Å²) in [6.45, 7) is 2.51. The van der Waals surface area contributed by atoms with Gasteiger partial charge in [-0.15, -0.1) is 0 Å². The summed E-state index contributed by atoms with van der Waals surface area (Å²) in [5.74, 6) is -0.526. The van der Waals surface area contributed by atoms with E-state index >= 15 is 0 Å². The van der Waals surface area contributed by atoms with E-state index in [1.807, 2.05) is 6.92 Å². The molecule has 1 heterocycles. The van der Waals surface area contributed by atoms with Gasteiger partial charge in [0.25, 0.3) is 10.2 Å². The van der Waals surface area contributed by atoms with Gasteiger partial charge in [-0.2, -0.15) is 17.0 Å². The van der Waals surface area contributed by atoms with Crippen molar-refractivity contribution in [3.05, 3.63) is 0 Å². The Labute approximate surface area is 114 Å². The van der Waals surface area contributed by atoms with E-state index in [0.717, 1.165) is 4.31 Å². The number of rotatable bonds is 5. The van der Waals surface area contributed by atoms with Crippen molar-refractivity contribution in [3.8, 4) is 0 Å². The Balaban J connectivity index is 2.62. The summed E-state index contributed by atoms with van der Waals surface area (Å²) in [4.78, 5) is 11.0. The summed E-state index contributed by atoms with van der Waals surface area (Å²) >= 11 is 0. The van der Waals surface area contributed by atoms with Gasteiger partial charge in [0.05, 0.1) is 19.6 Å². The quantitative estimate of drug-likeness (QED) is 0.686. The third-order valence-corrected chi connectivity index (χ3v) is 5.36. The molecule has 0 bridgehead atoms. The Morgan fingerprint density at radius 2 is 2.16 bits per heavy atom. The lowest BCUT2D eigenvalue weighted by Gasteiger charge is -2.35. The van der Waals surface area contributed by atoms with Crippen LogP contribution < -0.4 is 0 Å². The molecule has 0 amide bonds. The van der Waals surface area contributed by atoms with Crippen molar-refractivity contribution in [3.63, 3.8) is 0 Å².